The maximum atomic E-state index is 6.25. The van der Waals surface area contributed by atoms with Crippen LogP contribution >= 0.6 is 43.5 Å². The minimum absolute atomic E-state index is 0.270. The molecule has 0 N–H and O–H groups in total. The van der Waals surface area contributed by atoms with Crippen molar-refractivity contribution in [2.24, 2.45) is 0 Å². The van der Waals surface area contributed by atoms with Crippen molar-refractivity contribution in [2.45, 2.75) is 9.65 Å². The van der Waals surface area contributed by atoms with E-state index in [4.69, 9.17) is 11.6 Å². The first-order chi connectivity index (χ1) is 7.20. The van der Waals surface area contributed by atoms with E-state index < -0.39 is 0 Å². The maximum Gasteiger partial charge on any atom is 0.0582 e. The molecular weight excluding hydrogens is 339 g/mol. The highest BCUT2D eigenvalue weighted by molar-refractivity contribution is 9.12. The molecular formula is C12H7Br2Cl. The van der Waals surface area contributed by atoms with Gasteiger partial charge in [-0.15, -0.1) is 0 Å². The topological polar surface area (TPSA) is 0 Å². The van der Waals surface area contributed by atoms with Gasteiger partial charge in [-0.3, -0.25) is 0 Å². The maximum absolute atomic E-state index is 6.25. The first kappa shape index (κ1) is 10.1. The minimum atomic E-state index is 0.270. The fourth-order valence-electron chi connectivity index (χ4n) is 2.21. The van der Waals surface area contributed by atoms with Crippen molar-refractivity contribution in [1.82, 2.24) is 0 Å². The summed E-state index contributed by atoms with van der Waals surface area (Å²) in [4.78, 5) is 0.585. The largest absolute Gasteiger partial charge is 0.0840 e. The molecule has 2 aromatic carbocycles. The van der Waals surface area contributed by atoms with Crippen LogP contribution in [0, 0.1) is 0 Å². The molecule has 76 valence electrons. The molecule has 0 spiro atoms. The fraction of sp³-hybridized carbons (Fsp3) is 0.167. The Morgan fingerprint density at radius 2 is 1.80 bits per heavy atom. The van der Waals surface area contributed by atoms with Crippen LogP contribution in [0.4, 0.5) is 0 Å². The first-order valence-corrected chi connectivity index (χ1v) is 6.90. The Labute approximate surface area is 110 Å². The van der Waals surface area contributed by atoms with Gasteiger partial charge >= 0.3 is 0 Å². The molecule has 0 bridgehead atoms. The van der Waals surface area contributed by atoms with Crippen molar-refractivity contribution in [3.05, 3.63) is 46.5 Å². The molecule has 0 saturated carbocycles. The average Bonchev–Trinajstić information content (AvgIpc) is 2.50. The predicted molar refractivity (Wildman–Crippen MR) is 72.3 cm³/mol. The van der Waals surface area contributed by atoms with Crippen LogP contribution in [0.15, 0.2) is 30.3 Å². The number of hydrogen-bond donors (Lipinski definition) is 0. The molecule has 0 radical (unpaired) electrons. The molecule has 1 aliphatic rings. The normalized spacial score (nSPS) is 23.7. The number of hydrogen-bond acceptors (Lipinski definition) is 0. The molecule has 2 atom stereocenters. The van der Waals surface area contributed by atoms with E-state index in [0.29, 0.717) is 4.83 Å². The van der Waals surface area contributed by atoms with Crippen LogP contribution in [0.25, 0.3) is 10.8 Å². The average molecular weight is 346 g/mol. The Balaban J connectivity index is 2.51. The third-order valence-corrected chi connectivity index (χ3v) is 5.94. The van der Waals surface area contributed by atoms with Crippen molar-refractivity contribution < 1.29 is 0 Å². The van der Waals surface area contributed by atoms with Crippen LogP contribution in [0.5, 0.6) is 0 Å². The Kier molecular flexibility index (Phi) is 2.35. The van der Waals surface area contributed by atoms with Crippen LogP contribution in [0.3, 0.4) is 0 Å². The molecule has 0 aromatic heterocycles. The second kappa shape index (κ2) is 3.47. The lowest BCUT2D eigenvalue weighted by atomic mass is 10.1. The third kappa shape index (κ3) is 1.31. The van der Waals surface area contributed by atoms with E-state index >= 15 is 0 Å². The third-order valence-electron chi connectivity index (χ3n) is 2.89. The van der Waals surface area contributed by atoms with Crippen molar-refractivity contribution in [3.8, 4) is 0 Å². The van der Waals surface area contributed by atoms with Crippen LogP contribution in [0.1, 0.15) is 20.8 Å². The molecule has 0 unspecified atom stereocenters. The molecule has 3 heteroatoms. The highest BCUT2D eigenvalue weighted by Crippen LogP contribution is 2.54. The van der Waals surface area contributed by atoms with Gasteiger partial charge in [-0.1, -0.05) is 67.7 Å². The SMILES string of the molecule is Clc1ccc2cccc3c2c1[C@H](Br)[C@H]3Br. The molecule has 3 rings (SSSR count). The van der Waals surface area contributed by atoms with Gasteiger partial charge in [0.25, 0.3) is 0 Å². The second-order valence-electron chi connectivity index (χ2n) is 3.71. The molecule has 15 heavy (non-hydrogen) atoms. The van der Waals surface area contributed by atoms with Crippen LogP contribution in [-0.2, 0) is 0 Å². The Morgan fingerprint density at radius 1 is 1.00 bits per heavy atom. The van der Waals surface area contributed by atoms with Gasteiger partial charge in [0.1, 0.15) is 0 Å². The van der Waals surface area contributed by atoms with E-state index in [9.17, 15) is 0 Å². The van der Waals surface area contributed by atoms with Crippen LogP contribution < -0.4 is 0 Å². The zero-order chi connectivity index (χ0) is 10.6. The standard InChI is InChI=1S/C12H7Br2Cl/c13-11-7-3-1-2-6-4-5-8(15)10(9(6)7)12(11)14/h1-5,11-12H/t11-,12-/m0/s1. The zero-order valence-corrected chi connectivity index (χ0v) is 11.6. The predicted octanol–water partition coefficient (Wildman–Crippen LogP) is 5.38. The van der Waals surface area contributed by atoms with Crippen LogP contribution in [-0.4, -0.2) is 0 Å². The van der Waals surface area contributed by atoms with E-state index in [1.807, 2.05) is 6.07 Å². The lowest BCUT2D eigenvalue weighted by molar-refractivity contribution is 0.999. The Morgan fingerprint density at radius 3 is 2.60 bits per heavy atom. The van der Waals surface area contributed by atoms with Gasteiger partial charge in [0, 0.05) is 5.02 Å². The van der Waals surface area contributed by atoms with Crippen LogP contribution in [0.2, 0.25) is 5.02 Å². The van der Waals surface area contributed by atoms with Gasteiger partial charge in [-0.2, -0.15) is 0 Å². The van der Waals surface area contributed by atoms with Gasteiger partial charge in [-0.25, -0.2) is 0 Å². The van der Waals surface area contributed by atoms with E-state index in [-0.39, 0.29) is 4.83 Å². The molecule has 0 heterocycles. The summed E-state index contributed by atoms with van der Waals surface area (Å²) >= 11 is 13.6. The second-order valence-corrected chi connectivity index (χ2v) is 6.09. The summed E-state index contributed by atoms with van der Waals surface area (Å²) in [5, 5.41) is 3.41. The van der Waals surface area contributed by atoms with Crippen molar-refractivity contribution in [2.75, 3.05) is 0 Å². The highest BCUT2D eigenvalue weighted by Gasteiger charge is 2.32. The van der Waals surface area contributed by atoms with E-state index in [1.54, 1.807) is 0 Å². The monoisotopic (exact) mass is 344 g/mol. The summed E-state index contributed by atoms with van der Waals surface area (Å²) in [7, 11) is 0. The lowest BCUT2D eigenvalue weighted by Crippen LogP contribution is -1.88. The lowest BCUT2D eigenvalue weighted by Gasteiger charge is -2.08. The van der Waals surface area contributed by atoms with Gasteiger partial charge < -0.3 is 0 Å². The van der Waals surface area contributed by atoms with E-state index in [1.165, 1.54) is 21.9 Å². The van der Waals surface area contributed by atoms with Crippen molar-refractivity contribution >= 4 is 54.2 Å². The quantitative estimate of drug-likeness (QED) is 0.562. The molecule has 2 aromatic rings. The summed E-state index contributed by atoms with van der Waals surface area (Å²) in [6, 6.07) is 10.4. The Hall–Kier alpha value is -0.0500. The molecule has 0 saturated heterocycles. The molecule has 0 fully saturated rings. The van der Waals surface area contributed by atoms with Gasteiger partial charge in [-0.05, 0) is 28.0 Å². The first-order valence-electron chi connectivity index (χ1n) is 4.69. The molecule has 0 amide bonds. The van der Waals surface area contributed by atoms with Gasteiger partial charge in [0.15, 0.2) is 0 Å². The molecule has 1 aliphatic carbocycles. The summed E-state index contributed by atoms with van der Waals surface area (Å²) in [6.45, 7) is 0. The van der Waals surface area contributed by atoms with Crippen molar-refractivity contribution in [1.29, 1.82) is 0 Å². The summed E-state index contributed by atoms with van der Waals surface area (Å²) in [5.41, 5.74) is 2.54. The number of benzene rings is 2. The number of alkyl halides is 2. The molecule has 0 nitrogen and oxygen atoms in total. The Bertz CT molecular complexity index is 551. The molecule has 0 aliphatic heterocycles. The summed E-state index contributed by atoms with van der Waals surface area (Å²) in [6.07, 6.45) is 0. The number of halogens is 3. The van der Waals surface area contributed by atoms with E-state index in [2.05, 4.69) is 56.1 Å². The van der Waals surface area contributed by atoms with Gasteiger partial charge in [0.2, 0.25) is 0 Å². The number of rotatable bonds is 0. The summed E-state index contributed by atoms with van der Waals surface area (Å²) in [5.74, 6) is 0. The van der Waals surface area contributed by atoms with E-state index in [0.717, 1.165) is 5.02 Å². The highest BCUT2D eigenvalue weighted by atomic mass is 79.9. The summed E-state index contributed by atoms with van der Waals surface area (Å²) < 4.78 is 0. The smallest absolute Gasteiger partial charge is 0.0582 e. The fourth-order valence-corrected chi connectivity index (χ4v) is 4.03. The zero-order valence-electron chi connectivity index (χ0n) is 7.68. The van der Waals surface area contributed by atoms with Crippen molar-refractivity contribution in [3.63, 3.8) is 0 Å². The minimum Gasteiger partial charge on any atom is -0.0840 e. The van der Waals surface area contributed by atoms with Gasteiger partial charge in [0.05, 0.1) is 9.65 Å².